The van der Waals surface area contributed by atoms with E-state index in [2.05, 4.69) is 21.2 Å². The van der Waals surface area contributed by atoms with E-state index < -0.39 is 0 Å². The topological polar surface area (TPSA) is 50.7 Å². The number of benzene rings is 2. The average molecular weight is 352 g/mol. The molecule has 0 aromatic heterocycles. The standard InChI is InChI=1S/C16H18BrNO3/c1-20-11-7-8-16(21-2)12(9-11)15(10-19)18-14-6-4-3-5-13(14)17/h3-9,15,18-19H,10H2,1-2H3. The number of halogens is 1. The summed E-state index contributed by atoms with van der Waals surface area (Å²) in [7, 11) is 3.22. The molecule has 0 radical (unpaired) electrons. The smallest absolute Gasteiger partial charge is 0.124 e. The van der Waals surface area contributed by atoms with Crippen molar-refractivity contribution >= 4 is 21.6 Å². The van der Waals surface area contributed by atoms with E-state index in [9.17, 15) is 5.11 Å². The summed E-state index contributed by atoms with van der Waals surface area (Å²) in [5.74, 6) is 1.42. The Kier molecular flexibility index (Phi) is 5.47. The van der Waals surface area contributed by atoms with Crippen molar-refractivity contribution in [1.82, 2.24) is 0 Å². The summed E-state index contributed by atoms with van der Waals surface area (Å²) in [5, 5.41) is 13.0. The minimum Gasteiger partial charge on any atom is -0.497 e. The summed E-state index contributed by atoms with van der Waals surface area (Å²) < 4.78 is 11.6. The number of aliphatic hydroxyl groups excluding tert-OH is 1. The molecule has 2 rings (SSSR count). The maximum absolute atomic E-state index is 9.74. The Balaban J connectivity index is 2.34. The molecule has 2 N–H and O–H groups in total. The van der Waals surface area contributed by atoms with Crippen molar-refractivity contribution in [2.45, 2.75) is 6.04 Å². The molecule has 0 saturated heterocycles. The molecule has 0 amide bonds. The summed E-state index contributed by atoms with van der Waals surface area (Å²) in [5.41, 5.74) is 1.75. The highest BCUT2D eigenvalue weighted by Gasteiger charge is 2.17. The molecule has 0 fully saturated rings. The van der Waals surface area contributed by atoms with Crippen LogP contribution in [0.2, 0.25) is 0 Å². The predicted molar refractivity (Wildman–Crippen MR) is 87.1 cm³/mol. The number of ether oxygens (including phenoxy) is 2. The summed E-state index contributed by atoms with van der Waals surface area (Å²) in [4.78, 5) is 0. The molecule has 5 heteroatoms. The normalized spacial score (nSPS) is 11.8. The second kappa shape index (κ2) is 7.33. The van der Waals surface area contributed by atoms with E-state index in [1.54, 1.807) is 14.2 Å². The van der Waals surface area contributed by atoms with E-state index >= 15 is 0 Å². The lowest BCUT2D eigenvalue weighted by atomic mass is 10.1. The van der Waals surface area contributed by atoms with Gasteiger partial charge in [0, 0.05) is 15.7 Å². The number of methoxy groups -OCH3 is 2. The Morgan fingerprint density at radius 2 is 1.90 bits per heavy atom. The summed E-state index contributed by atoms with van der Waals surface area (Å²) in [6.45, 7) is -0.0646. The molecular weight excluding hydrogens is 334 g/mol. The van der Waals surface area contributed by atoms with Crippen LogP contribution in [0.25, 0.3) is 0 Å². The van der Waals surface area contributed by atoms with Crippen molar-refractivity contribution in [3.63, 3.8) is 0 Å². The van der Waals surface area contributed by atoms with Gasteiger partial charge in [-0.15, -0.1) is 0 Å². The van der Waals surface area contributed by atoms with Gasteiger partial charge in [0.05, 0.1) is 26.9 Å². The number of nitrogens with one attached hydrogen (secondary N) is 1. The summed E-state index contributed by atoms with van der Waals surface area (Å²) >= 11 is 3.49. The van der Waals surface area contributed by atoms with Crippen molar-refractivity contribution in [3.8, 4) is 11.5 Å². The lowest BCUT2D eigenvalue weighted by molar-refractivity contribution is 0.272. The van der Waals surface area contributed by atoms with Gasteiger partial charge in [0.1, 0.15) is 11.5 Å². The minimum absolute atomic E-state index is 0.0646. The quantitative estimate of drug-likeness (QED) is 0.834. The van der Waals surface area contributed by atoms with Gasteiger partial charge in [-0.3, -0.25) is 0 Å². The van der Waals surface area contributed by atoms with Crippen molar-refractivity contribution in [2.75, 3.05) is 26.1 Å². The van der Waals surface area contributed by atoms with E-state index in [1.807, 2.05) is 42.5 Å². The number of aliphatic hydroxyl groups is 1. The van der Waals surface area contributed by atoms with Crippen LogP contribution in [0.5, 0.6) is 11.5 Å². The molecule has 112 valence electrons. The number of anilines is 1. The van der Waals surface area contributed by atoms with Crippen LogP contribution in [0.1, 0.15) is 11.6 Å². The number of hydrogen-bond donors (Lipinski definition) is 2. The Bertz CT molecular complexity index is 604. The molecule has 1 unspecified atom stereocenters. The van der Waals surface area contributed by atoms with Crippen molar-refractivity contribution in [1.29, 1.82) is 0 Å². The second-order valence-electron chi connectivity index (χ2n) is 4.47. The molecule has 0 spiro atoms. The Labute approximate surface area is 132 Å². The highest BCUT2D eigenvalue weighted by molar-refractivity contribution is 9.10. The van der Waals surface area contributed by atoms with Crippen molar-refractivity contribution in [3.05, 3.63) is 52.5 Å². The van der Waals surface area contributed by atoms with Crippen LogP contribution in [0.15, 0.2) is 46.9 Å². The zero-order chi connectivity index (χ0) is 15.2. The third kappa shape index (κ3) is 3.68. The third-order valence-corrected chi connectivity index (χ3v) is 3.89. The molecule has 21 heavy (non-hydrogen) atoms. The van der Waals surface area contributed by atoms with Crippen LogP contribution in [-0.2, 0) is 0 Å². The SMILES string of the molecule is COc1ccc(OC)c(C(CO)Nc2ccccc2Br)c1. The van der Waals surface area contributed by atoms with E-state index in [0.29, 0.717) is 5.75 Å². The number of rotatable bonds is 6. The van der Waals surface area contributed by atoms with Gasteiger partial charge in [-0.05, 0) is 46.3 Å². The molecule has 0 saturated carbocycles. The van der Waals surface area contributed by atoms with Crippen molar-refractivity contribution in [2.24, 2.45) is 0 Å². The first-order valence-corrected chi connectivity index (χ1v) is 7.32. The lowest BCUT2D eigenvalue weighted by Crippen LogP contribution is -2.16. The van der Waals surface area contributed by atoms with Gasteiger partial charge in [0.2, 0.25) is 0 Å². The second-order valence-corrected chi connectivity index (χ2v) is 5.32. The molecular formula is C16H18BrNO3. The molecule has 2 aromatic rings. The first-order valence-electron chi connectivity index (χ1n) is 6.53. The van der Waals surface area contributed by atoms with E-state index in [1.165, 1.54) is 0 Å². The average Bonchev–Trinajstić information content (AvgIpc) is 2.53. The number of hydrogen-bond acceptors (Lipinski definition) is 4. The van der Waals surface area contributed by atoms with Gasteiger partial charge in [0.15, 0.2) is 0 Å². The fourth-order valence-corrected chi connectivity index (χ4v) is 2.50. The van der Waals surface area contributed by atoms with Crippen molar-refractivity contribution < 1.29 is 14.6 Å². The van der Waals surface area contributed by atoms with Crippen LogP contribution in [-0.4, -0.2) is 25.9 Å². The molecule has 1 atom stereocenters. The Morgan fingerprint density at radius 3 is 2.52 bits per heavy atom. The number of para-hydroxylation sites is 1. The van der Waals surface area contributed by atoms with Crippen LogP contribution in [0.3, 0.4) is 0 Å². The highest BCUT2D eigenvalue weighted by Crippen LogP contribution is 2.33. The largest absolute Gasteiger partial charge is 0.497 e. The molecule has 0 aliphatic heterocycles. The van der Waals surface area contributed by atoms with Crippen LogP contribution in [0, 0.1) is 0 Å². The van der Waals surface area contributed by atoms with E-state index in [0.717, 1.165) is 21.5 Å². The van der Waals surface area contributed by atoms with Crippen LogP contribution in [0.4, 0.5) is 5.69 Å². The fourth-order valence-electron chi connectivity index (χ4n) is 2.10. The lowest BCUT2D eigenvalue weighted by Gasteiger charge is -2.21. The summed E-state index contributed by atoms with van der Waals surface area (Å²) in [6, 6.07) is 13.0. The minimum atomic E-state index is -0.297. The van der Waals surface area contributed by atoms with Gasteiger partial charge in [-0.25, -0.2) is 0 Å². The first-order chi connectivity index (χ1) is 10.2. The van der Waals surface area contributed by atoms with Crippen LogP contribution < -0.4 is 14.8 Å². The molecule has 4 nitrogen and oxygen atoms in total. The predicted octanol–water partition coefficient (Wildman–Crippen LogP) is 3.61. The Morgan fingerprint density at radius 1 is 1.14 bits per heavy atom. The Hall–Kier alpha value is -1.72. The van der Waals surface area contributed by atoms with Gasteiger partial charge in [0.25, 0.3) is 0 Å². The van der Waals surface area contributed by atoms with Gasteiger partial charge >= 0.3 is 0 Å². The maximum atomic E-state index is 9.74. The molecule has 2 aromatic carbocycles. The molecule has 0 aliphatic rings. The van der Waals surface area contributed by atoms with Gasteiger partial charge < -0.3 is 19.9 Å². The monoisotopic (exact) mass is 351 g/mol. The molecule has 0 bridgehead atoms. The molecule has 0 heterocycles. The first kappa shape index (κ1) is 15.7. The van der Waals surface area contributed by atoms with Crippen LogP contribution >= 0.6 is 15.9 Å². The zero-order valence-corrected chi connectivity index (χ0v) is 13.6. The van der Waals surface area contributed by atoms with E-state index in [-0.39, 0.29) is 12.6 Å². The van der Waals surface area contributed by atoms with Gasteiger partial charge in [-0.2, -0.15) is 0 Å². The fraction of sp³-hybridized carbons (Fsp3) is 0.250. The maximum Gasteiger partial charge on any atom is 0.124 e. The van der Waals surface area contributed by atoms with Gasteiger partial charge in [-0.1, -0.05) is 12.1 Å². The molecule has 0 aliphatic carbocycles. The van der Waals surface area contributed by atoms with E-state index in [4.69, 9.17) is 9.47 Å². The third-order valence-electron chi connectivity index (χ3n) is 3.20. The highest BCUT2D eigenvalue weighted by atomic mass is 79.9. The summed E-state index contributed by atoms with van der Waals surface area (Å²) in [6.07, 6.45) is 0. The zero-order valence-electron chi connectivity index (χ0n) is 12.0.